The molecule has 0 aliphatic heterocycles. The van der Waals surface area contributed by atoms with Gasteiger partial charge in [0.2, 0.25) is 0 Å². The molecular formula is C10H14BrNO. The molecule has 0 fully saturated rings. The first-order valence-electron chi connectivity index (χ1n) is 4.29. The molecule has 3 N–H and O–H groups in total. The van der Waals surface area contributed by atoms with E-state index >= 15 is 0 Å². The molecule has 1 atom stereocenters. The number of aliphatic hydroxyl groups is 1. The van der Waals surface area contributed by atoms with Crippen molar-refractivity contribution in [1.82, 2.24) is 0 Å². The van der Waals surface area contributed by atoms with Crippen LogP contribution < -0.4 is 5.73 Å². The third kappa shape index (κ3) is 2.79. The van der Waals surface area contributed by atoms with Gasteiger partial charge >= 0.3 is 0 Å². The zero-order valence-corrected chi connectivity index (χ0v) is 9.21. The molecule has 1 rings (SSSR count). The van der Waals surface area contributed by atoms with E-state index in [0.717, 1.165) is 10.0 Å². The molecule has 0 saturated carbocycles. The second-order valence-electron chi connectivity index (χ2n) is 3.10. The van der Waals surface area contributed by atoms with Gasteiger partial charge in [0.1, 0.15) is 0 Å². The lowest BCUT2D eigenvalue weighted by Crippen LogP contribution is -2.06. The van der Waals surface area contributed by atoms with Gasteiger partial charge in [-0.1, -0.05) is 28.1 Å². The van der Waals surface area contributed by atoms with E-state index < -0.39 is 6.10 Å². The third-order valence-corrected chi connectivity index (χ3v) is 2.88. The molecule has 0 spiro atoms. The first kappa shape index (κ1) is 10.7. The van der Waals surface area contributed by atoms with Crippen molar-refractivity contribution in [1.29, 1.82) is 0 Å². The molecule has 72 valence electrons. The molecule has 0 saturated heterocycles. The first-order valence-corrected chi connectivity index (χ1v) is 5.08. The van der Waals surface area contributed by atoms with Crippen molar-refractivity contribution < 1.29 is 5.11 Å². The van der Waals surface area contributed by atoms with Gasteiger partial charge in [0, 0.05) is 4.47 Å². The molecule has 2 nitrogen and oxygen atoms in total. The monoisotopic (exact) mass is 243 g/mol. The van der Waals surface area contributed by atoms with E-state index in [2.05, 4.69) is 15.9 Å². The molecule has 0 aromatic heterocycles. The number of aryl methyl sites for hydroxylation is 1. The molecule has 0 heterocycles. The minimum atomic E-state index is -0.443. The summed E-state index contributed by atoms with van der Waals surface area (Å²) in [7, 11) is 0. The van der Waals surface area contributed by atoms with Crippen LogP contribution in [0.5, 0.6) is 0 Å². The molecule has 3 heteroatoms. The van der Waals surface area contributed by atoms with Gasteiger partial charge in [-0.15, -0.1) is 0 Å². The second kappa shape index (κ2) is 4.74. The Morgan fingerprint density at radius 2 is 2.23 bits per heavy atom. The highest BCUT2D eigenvalue weighted by Crippen LogP contribution is 2.23. The van der Waals surface area contributed by atoms with Gasteiger partial charge in [0.15, 0.2) is 0 Å². The van der Waals surface area contributed by atoms with Crippen LogP contribution in [0.1, 0.15) is 23.7 Å². The average Bonchev–Trinajstić information content (AvgIpc) is 2.10. The Bertz CT molecular complexity index is 288. The highest BCUT2D eigenvalue weighted by atomic mass is 79.9. The van der Waals surface area contributed by atoms with Crippen LogP contribution >= 0.6 is 15.9 Å². The predicted molar refractivity (Wildman–Crippen MR) is 57.5 cm³/mol. The smallest absolute Gasteiger partial charge is 0.0802 e. The summed E-state index contributed by atoms with van der Waals surface area (Å²) in [4.78, 5) is 0. The fourth-order valence-corrected chi connectivity index (χ4v) is 1.54. The number of benzene rings is 1. The minimum absolute atomic E-state index is 0.443. The van der Waals surface area contributed by atoms with Crippen LogP contribution in [0, 0.1) is 6.92 Å². The van der Waals surface area contributed by atoms with Crippen LogP contribution in [-0.2, 0) is 0 Å². The normalized spacial score (nSPS) is 12.9. The van der Waals surface area contributed by atoms with Gasteiger partial charge in [-0.05, 0) is 37.1 Å². The SMILES string of the molecule is Cc1ccc(C(O)CCN)cc1Br. The summed E-state index contributed by atoms with van der Waals surface area (Å²) in [5.74, 6) is 0. The summed E-state index contributed by atoms with van der Waals surface area (Å²) in [5, 5.41) is 9.64. The molecule has 0 aliphatic carbocycles. The average molecular weight is 244 g/mol. The minimum Gasteiger partial charge on any atom is -0.388 e. The summed E-state index contributed by atoms with van der Waals surface area (Å²) in [5.41, 5.74) is 7.45. The van der Waals surface area contributed by atoms with Crippen LogP contribution in [0.3, 0.4) is 0 Å². The summed E-state index contributed by atoms with van der Waals surface area (Å²) >= 11 is 3.42. The molecule has 0 aliphatic rings. The Hall–Kier alpha value is -0.380. The number of hydrogen-bond donors (Lipinski definition) is 2. The van der Waals surface area contributed by atoms with Gasteiger partial charge in [-0.3, -0.25) is 0 Å². The number of nitrogens with two attached hydrogens (primary N) is 1. The van der Waals surface area contributed by atoms with Gasteiger partial charge in [-0.25, -0.2) is 0 Å². The highest BCUT2D eigenvalue weighted by molar-refractivity contribution is 9.10. The van der Waals surface area contributed by atoms with Crippen molar-refractivity contribution in [2.75, 3.05) is 6.54 Å². The predicted octanol–water partition coefficient (Wildman–Crippen LogP) is 2.14. The van der Waals surface area contributed by atoms with Crippen molar-refractivity contribution in [3.63, 3.8) is 0 Å². The van der Waals surface area contributed by atoms with Crippen LogP contribution in [0.15, 0.2) is 22.7 Å². The molecule has 13 heavy (non-hydrogen) atoms. The third-order valence-electron chi connectivity index (χ3n) is 2.02. The Kier molecular flexibility index (Phi) is 3.90. The number of rotatable bonds is 3. The van der Waals surface area contributed by atoms with Crippen LogP contribution in [0.4, 0.5) is 0 Å². The molecule has 0 amide bonds. The van der Waals surface area contributed by atoms with Gasteiger partial charge in [0.05, 0.1) is 6.10 Å². The molecule has 0 bridgehead atoms. The quantitative estimate of drug-likeness (QED) is 0.855. The fourth-order valence-electron chi connectivity index (χ4n) is 1.14. The van der Waals surface area contributed by atoms with Gasteiger partial charge in [0.25, 0.3) is 0 Å². The molecule has 0 radical (unpaired) electrons. The maximum Gasteiger partial charge on any atom is 0.0802 e. The topological polar surface area (TPSA) is 46.2 Å². The maximum atomic E-state index is 9.64. The standard InChI is InChI=1S/C10H14BrNO/c1-7-2-3-8(6-9(7)11)10(13)4-5-12/h2-3,6,10,13H,4-5,12H2,1H3. The number of hydrogen-bond acceptors (Lipinski definition) is 2. The summed E-state index contributed by atoms with van der Waals surface area (Å²) in [6.07, 6.45) is 0.164. The number of aliphatic hydroxyl groups excluding tert-OH is 1. The van der Waals surface area contributed by atoms with Crippen molar-refractivity contribution in [2.45, 2.75) is 19.4 Å². The van der Waals surface area contributed by atoms with Crippen molar-refractivity contribution >= 4 is 15.9 Å². The summed E-state index contributed by atoms with van der Waals surface area (Å²) in [6.45, 7) is 2.52. The summed E-state index contributed by atoms with van der Waals surface area (Å²) < 4.78 is 1.03. The lowest BCUT2D eigenvalue weighted by atomic mass is 10.1. The van der Waals surface area contributed by atoms with E-state index in [-0.39, 0.29) is 0 Å². The van der Waals surface area contributed by atoms with E-state index in [0.29, 0.717) is 13.0 Å². The van der Waals surface area contributed by atoms with Crippen LogP contribution in [0.2, 0.25) is 0 Å². The van der Waals surface area contributed by atoms with Crippen molar-refractivity contribution in [2.24, 2.45) is 5.73 Å². The Morgan fingerprint density at radius 1 is 1.54 bits per heavy atom. The van der Waals surface area contributed by atoms with E-state index in [9.17, 15) is 5.11 Å². The lowest BCUT2D eigenvalue weighted by Gasteiger charge is -2.10. The van der Waals surface area contributed by atoms with Crippen molar-refractivity contribution in [3.05, 3.63) is 33.8 Å². The number of halogens is 1. The van der Waals surface area contributed by atoms with Gasteiger partial charge in [-0.2, -0.15) is 0 Å². The first-order chi connectivity index (χ1) is 6.15. The molecular weight excluding hydrogens is 230 g/mol. The molecule has 1 aromatic carbocycles. The van der Waals surface area contributed by atoms with E-state index in [1.165, 1.54) is 5.56 Å². The largest absolute Gasteiger partial charge is 0.388 e. The Labute approximate surface area is 86.9 Å². The van der Waals surface area contributed by atoms with E-state index in [1.54, 1.807) is 0 Å². The fraction of sp³-hybridized carbons (Fsp3) is 0.400. The Morgan fingerprint density at radius 3 is 2.77 bits per heavy atom. The van der Waals surface area contributed by atoms with E-state index in [1.807, 2.05) is 25.1 Å². The zero-order valence-electron chi connectivity index (χ0n) is 7.63. The van der Waals surface area contributed by atoms with Crippen molar-refractivity contribution in [3.8, 4) is 0 Å². The van der Waals surface area contributed by atoms with Gasteiger partial charge < -0.3 is 10.8 Å². The molecule has 1 aromatic rings. The van der Waals surface area contributed by atoms with E-state index in [4.69, 9.17) is 5.73 Å². The van der Waals surface area contributed by atoms with Crippen LogP contribution in [-0.4, -0.2) is 11.7 Å². The zero-order chi connectivity index (χ0) is 9.84. The summed E-state index contributed by atoms with van der Waals surface area (Å²) in [6, 6.07) is 5.86. The second-order valence-corrected chi connectivity index (χ2v) is 3.96. The lowest BCUT2D eigenvalue weighted by molar-refractivity contribution is 0.170. The highest BCUT2D eigenvalue weighted by Gasteiger charge is 2.06. The van der Waals surface area contributed by atoms with Crippen LogP contribution in [0.25, 0.3) is 0 Å². The molecule has 1 unspecified atom stereocenters. The Balaban J connectivity index is 2.84. The maximum absolute atomic E-state index is 9.64.